The molecule has 3 rings (SSSR count). The third-order valence-corrected chi connectivity index (χ3v) is 3.93. The van der Waals surface area contributed by atoms with E-state index in [0.717, 1.165) is 0 Å². The van der Waals surface area contributed by atoms with Crippen LogP contribution in [-0.4, -0.2) is 38.6 Å². The molecule has 1 amide bonds. The molecule has 2 aromatic rings. The van der Waals surface area contributed by atoms with E-state index >= 15 is 0 Å². The number of hydrazone groups is 1. The van der Waals surface area contributed by atoms with E-state index in [4.69, 9.17) is 25.8 Å². The largest absolute Gasteiger partial charge is 0.493 e. The SMILES string of the molecule is COc1cc(/C=N\NC(=O)[C@@H]2COc3ccccc3O2)cc(Cl)c1OC(F)F. The summed E-state index contributed by atoms with van der Waals surface area (Å²) in [5.74, 6) is 0.223. The summed E-state index contributed by atoms with van der Waals surface area (Å²) in [4.78, 5) is 12.2. The number of methoxy groups -OCH3 is 1. The summed E-state index contributed by atoms with van der Waals surface area (Å²) in [5, 5.41) is 3.73. The van der Waals surface area contributed by atoms with Gasteiger partial charge in [0.25, 0.3) is 5.91 Å². The molecule has 1 N–H and O–H groups in total. The van der Waals surface area contributed by atoms with Crippen molar-refractivity contribution in [2.75, 3.05) is 13.7 Å². The molecule has 0 bridgehead atoms. The molecule has 0 saturated carbocycles. The second kappa shape index (κ2) is 8.75. The zero-order valence-corrected chi connectivity index (χ0v) is 15.3. The summed E-state index contributed by atoms with van der Waals surface area (Å²) in [6, 6.07) is 9.71. The third kappa shape index (κ3) is 4.61. The number of benzene rings is 2. The minimum absolute atomic E-state index is 0.00111. The van der Waals surface area contributed by atoms with Crippen LogP contribution in [0.5, 0.6) is 23.0 Å². The van der Waals surface area contributed by atoms with Gasteiger partial charge in [-0.05, 0) is 29.8 Å². The highest BCUT2D eigenvalue weighted by molar-refractivity contribution is 6.32. The van der Waals surface area contributed by atoms with Crippen molar-refractivity contribution in [1.29, 1.82) is 0 Å². The van der Waals surface area contributed by atoms with Gasteiger partial charge in [-0.1, -0.05) is 23.7 Å². The van der Waals surface area contributed by atoms with Crippen LogP contribution < -0.4 is 24.4 Å². The highest BCUT2D eigenvalue weighted by Gasteiger charge is 2.27. The molecule has 0 fully saturated rings. The van der Waals surface area contributed by atoms with Crippen molar-refractivity contribution in [3.8, 4) is 23.0 Å². The van der Waals surface area contributed by atoms with Crippen LogP contribution in [0.15, 0.2) is 41.5 Å². The molecule has 2 aromatic carbocycles. The Morgan fingerprint density at radius 2 is 2.11 bits per heavy atom. The molecular formula is C18H15ClF2N2O5. The average molecular weight is 413 g/mol. The second-order valence-electron chi connectivity index (χ2n) is 5.51. The van der Waals surface area contributed by atoms with Crippen LogP contribution in [0.2, 0.25) is 5.02 Å². The average Bonchev–Trinajstić information content (AvgIpc) is 2.69. The normalized spacial score (nSPS) is 15.5. The molecule has 0 spiro atoms. The van der Waals surface area contributed by atoms with E-state index < -0.39 is 18.6 Å². The van der Waals surface area contributed by atoms with Gasteiger partial charge in [0.2, 0.25) is 6.10 Å². The summed E-state index contributed by atoms with van der Waals surface area (Å²) in [5.41, 5.74) is 2.72. The standard InChI is InChI=1S/C18H15ClF2N2O5/c1-25-14-7-10(6-11(19)16(14)28-18(20)21)8-22-23-17(24)15-9-26-12-4-2-3-5-13(12)27-15/h2-8,15,18H,9H2,1H3,(H,23,24)/b22-8-/t15-/m0/s1. The number of ether oxygens (including phenoxy) is 4. The first-order valence-electron chi connectivity index (χ1n) is 8.01. The number of para-hydroxylation sites is 2. The lowest BCUT2D eigenvalue weighted by Gasteiger charge is -2.24. The Labute approximate surface area is 163 Å². The number of fused-ring (bicyclic) bond motifs is 1. The van der Waals surface area contributed by atoms with Crippen molar-refractivity contribution in [3.63, 3.8) is 0 Å². The highest BCUT2D eigenvalue weighted by atomic mass is 35.5. The first kappa shape index (κ1) is 19.7. The third-order valence-electron chi connectivity index (χ3n) is 3.65. The van der Waals surface area contributed by atoms with E-state index in [1.165, 1.54) is 25.5 Å². The summed E-state index contributed by atoms with van der Waals surface area (Å²) in [6.45, 7) is -3.01. The van der Waals surface area contributed by atoms with Gasteiger partial charge in [-0.25, -0.2) is 5.43 Å². The topological polar surface area (TPSA) is 78.4 Å². The summed E-state index contributed by atoms with van der Waals surface area (Å²) in [7, 11) is 1.28. The van der Waals surface area contributed by atoms with Gasteiger partial charge < -0.3 is 18.9 Å². The van der Waals surface area contributed by atoms with Crippen LogP contribution in [0.4, 0.5) is 8.78 Å². The molecular weight excluding hydrogens is 398 g/mol. The summed E-state index contributed by atoms with van der Waals surface area (Å²) in [6.07, 6.45) is 0.405. The van der Waals surface area contributed by atoms with Gasteiger partial charge in [-0.2, -0.15) is 13.9 Å². The fourth-order valence-electron chi connectivity index (χ4n) is 2.41. The molecule has 0 saturated heterocycles. The number of amides is 1. The lowest BCUT2D eigenvalue weighted by Crippen LogP contribution is -2.42. The van der Waals surface area contributed by atoms with Gasteiger partial charge in [0.05, 0.1) is 18.3 Å². The van der Waals surface area contributed by atoms with Crippen LogP contribution >= 0.6 is 11.6 Å². The number of rotatable bonds is 6. The number of carbonyl (C=O) groups excluding carboxylic acids is 1. The molecule has 0 aliphatic carbocycles. The Morgan fingerprint density at radius 1 is 1.36 bits per heavy atom. The molecule has 0 aromatic heterocycles. The maximum Gasteiger partial charge on any atom is 0.387 e. The Hall–Kier alpha value is -3.07. The zero-order chi connectivity index (χ0) is 20.1. The first-order valence-corrected chi connectivity index (χ1v) is 8.39. The molecule has 148 valence electrons. The van der Waals surface area contributed by atoms with Crippen molar-refractivity contribution in [2.24, 2.45) is 5.10 Å². The molecule has 0 radical (unpaired) electrons. The van der Waals surface area contributed by atoms with Crippen molar-refractivity contribution < 1.29 is 32.5 Å². The predicted molar refractivity (Wildman–Crippen MR) is 96.7 cm³/mol. The van der Waals surface area contributed by atoms with Gasteiger partial charge in [-0.3, -0.25) is 4.79 Å². The smallest absolute Gasteiger partial charge is 0.387 e. The van der Waals surface area contributed by atoms with Crippen LogP contribution in [0, 0.1) is 0 Å². The van der Waals surface area contributed by atoms with Gasteiger partial charge in [0.15, 0.2) is 23.0 Å². The van der Waals surface area contributed by atoms with E-state index in [-0.39, 0.29) is 23.1 Å². The van der Waals surface area contributed by atoms with Crippen LogP contribution in [0.1, 0.15) is 5.56 Å². The zero-order valence-electron chi connectivity index (χ0n) is 14.5. The van der Waals surface area contributed by atoms with Crippen molar-refractivity contribution in [3.05, 3.63) is 47.0 Å². The van der Waals surface area contributed by atoms with Gasteiger partial charge in [0, 0.05) is 0 Å². The molecule has 10 heteroatoms. The Kier molecular flexibility index (Phi) is 6.15. The number of hydrogen-bond donors (Lipinski definition) is 1. The minimum atomic E-state index is -3.05. The number of halogens is 3. The van der Waals surface area contributed by atoms with Crippen molar-refractivity contribution in [1.82, 2.24) is 5.43 Å². The minimum Gasteiger partial charge on any atom is -0.493 e. The first-order chi connectivity index (χ1) is 13.5. The van der Waals surface area contributed by atoms with Crippen molar-refractivity contribution >= 4 is 23.7 Å². The van der Waals surface area contributed by atoms with E-state index in [1.807, 2.05) is 0 Å². The molecule has 0 unspecified atom stereocenters. The molecule has 28 heavy (non-hydrogen) atoms. The Bertz CT molecular complexity index is 894. The fourth-order valence-corrected chi connectivity index (χ4v) is 2.67. The van der Waals surface area contributed by atoms with E-state index in [1.54, 1.807) is 24.3 Å². The maximum absolute atomic E-state index is 12.4. The second-order valence-corrected chi connectivity index (χ2v) is 5.92. The molecule has 1 aliphatic heterocycles. The fraction of sp³-hybridized carbons (Fsp3) is 0.222. The number of alkyl halides is 2. The van der Waals surface area contributed by atoms with E-state index in [2.05, 4.69) is 15.3 Å². The Morgan fingerprint density at radius 3 is 2.82 bits per heavy atom. The number of nitrogens with one attached hydrogen (secondary N) is 1. The van der Waals surface area contributed by atoms with Crippen LogP contribution in [0.3, 0.4) is 0 Å². The van der Waals surface area contributed by atoms with E-state index in [0.29, 0.717) is 17.1 Å². The highest BCUT2D eigenvalue weighted by Crippen LogP contribution is 2.37. The number of carbonyl (C=O) groups is 1. The van der Waals surface area contributed by atoms with Crippen LogP contribution in [0.25, 0.3) is 0 Å². The van der Waals surface area contributed by atoms with E-state index in [9.17, 15) is 13.6 Å². The summed E-state index contributed by atoms with van der Waals surface area (Å²) >= 11 is 5.94. The number of nitrogens with zero attached hydrogens (tertiary/aromatic N) is 1. The lowest BCUT2D eigenvalue weighted by molar-refractivity contribution is -0.130. The quantitative estimate of drug-likeness (QED) is 0.582. The van der Waals surface area contributed by atoms with Gasteiger partial charge in [0.1, 0.15) is 6.61 Å². The Balaban J connectivity index is 1.64. The molecule has 1 atom stereocenters. The van der Waals surface area contributed by atoms with Crippen molar-refractivity contribution in [2.45, 2.75) is 12.7 Å². The predicted octanol–water partition coefficient (Wildman–Crippen LogP) is 3.24. The maximum atomic E-state index is 12.4. The van der Waals surface area contributed by atoms with Crippen LogP contribution in [-0.2, 0) is 4.79 Å². The molecule has 7 nitrogen and oxygen atoms in total. The number of hydrogen-bond acceptors (Lipinski definition) is 6. The lowest BCUT2D eigenvalue weighted by atomic mass is 10.2. The molecule has 1 aliphatic rings. The summed E-state index contributed by atoms with van der Waals surface area (Å²) < 4.78 is 45.3. The molecule has 1 heterocycles. The van der Waals surface area contributed by atoms with Gasteiger partial charge in [-0.15, -0.1) is 0 Å². The monoisotopic (exact) mass is 412 g/mol. The van der Waals surface area contributed by atoms with Gasteiger partial charge >= 0.3 is 6.61 Å².